The standard InChI is InChI=1S/C12H24N2O2/c1-6-14-7-10(11(15)13-9(2)3)16-12(4,5)8-14/h9-10H,6-8H2,1-5H3,(H,13,15)/t10-/m1/s1. The number of morpholine rings is 1. The third-order valence-corrected chi connectivity index (χ3v) is 2.66. The largest absolute Gasteiger partial charge is 0.360 e. The summed E-state index contributed by atoms with van der Waals surface area (Å²) in [5.74, 6) is 0.00113. The highest BCUT2D eigenvalue weighted by molar-refractivity contribution is 5.81. The Kier molecular flexibility index (Phi) is 4.33. The third-order valence-electron chi connectivity index (χ3n) is 2.66. The average Bonchev–Trinajstić information content (AvgIpc) is 2.14. The molecule has 94 valence electrons. The normalized spacial score (nSPS) is 25.8. The van der Waals surface area contributed by atoms with Gasteiger partial charge in [0.15, 0.2) is 0 Å². The molecule has 1 heterocycles. The van der Waals surface area contributed by atoms with Gasteiger partial charge in [-0.15, -0.1) is 0 Å². The van der Waals surface area contributed by atoms with Gasteiger partial charge < -0.3 is 10.1 Å². The first-order chi connectivity index (χ1) is 7.34. The summed E-state index contributed by atoms with van der Waals surface area (Å²) in [5.41, 5.74) is -0.243. The van der Waals surface area contributed by atoms with Gasteiger partial charge in [-0.05, 0) is 34.2 Å². The number of rotatable bonds is 3. The number of carbonyl (C=O) groups excluding carboxylic acids is 1. The molecule has 16 heavy (non-hydrogen) atoms. The summed E-state index contributed by atoms with van der Waals surface area (Å²) in [6, 6.07) is 0.163. The molecule has 0 aromatic rings. The van der Waals surface area contributed by atoms with Crippen LogP contribution in [-0.2, 0) is 9.53 Å². The van der Waals surface area contributed by atoms with E-state index in [1.165, 1.54) is 0 Å². The van der Waals surface area contributed by atoms with E-state index in [0.29, 0.717) is 6.54 Å². The predicted octanol–water partition coefficient (Wildman–Crippen LogP) is 1.01. The second kappa shape index (κ2) is 5.15. The third kappa shape index (κ3) is 3.76. The van der Waals surface area contributed by atoms with E-state index in [1.807, 2.05) is 27.7 Å². The molecule has 0 spiro atoms. The summed E-state index contributed by atoms with van der Waals surface area (Å²) >= 11 is 0. The summed E-state index contributed by atoms with van der Waals surface area (Å²) < 4.78 is 5.81. The lowest BCUT2D eigenvalue weighted by Crippen LogP contribution is -2.57. The molecule has 0 bridgehead atoms. The maximum atomic E-state index is 11.9. The Balaban J connectivity index is 2.62. The first-order valence-corrected chi connectivity index (χ1v) is 6.04. The Morgan fingerprint density at radius 2 is 2.19 bits per heavy atom. The van der Waals surface area contributed by atoms with Crippen molar-refractivity contribution >= 4 is 5.91 Å². The molecule has 0 radical (unpaired) electrons. The second-order valence-corrected chi connectivity index (χ2v) is 5.36. The minimum atomic E-state index is -0.342. The minimum Gasteiger partial charge on any atom is -0.360 e. The van der Waals surface area contributed by atoms with E-state index in [1.54, 1.807) is 0 Å². The first-order valence-electron chi connectivity index (χ1n) is 6.04. The molecule has 0 aromatic heterocycles. The van der Waals surface area contributed by atoms with Gasteiger partial charge in [-0.3, -0.25) is 9.69 Å². The van der Waals surface area contributed by atoms with Gasteiger partial charge in [0.1, 0.15) is 6.10 Å². The number of carbonyl (C=O) groups is 1. The van der Waals surface area contributed by atoms with Gasteiger partial charge in [0, 0.05) is 19.1 Å². The van der Waals surface area contributed by atoms with Crippen molar-refractivity contribution in [2.45, 2.75) is 52.4 Å². The van der Waals surface area contributed by atoms with Crippen molar-refractivity contribution in [1.29, 1.82) is 0 Å². The topological polar surface area (TPSA) is 41.6 Å². The van der Waals surface area contributed by atoms with Gasteiger partial charge in [-0.1, -0.05) is 6.92 Å². The van der Waals surface area contributed by atoms with Gasteiger partial charge >= 0.3 is 0 Å². The molecule has 1 fully saturated rings. The molecule has 1 aliphatic heterocycles. The zero-order valence-electron chi connectivity index (χ0n) is 11.0. The van der Waals surface area contributed by atoms with E-state index < -0.39 is 0 Å². The Hall–Kier alpha value is -0.610. The number of nitrogens with one attached hydrogen (secondary N) is 1. The Labute approximate surface area is 98.3 Å². The first kappa shape index (κ1) is 13.5. The molecule has 1 amide bonds. The highest BCUT2D eigenvalue weighted by Crippen LogP contribution is 2.20. The van der Waals surface area contributed by atoms with E-state index in [0.717, 1.165) is 13.1 Å². The molecule has 0 saturated carbocycles. The van der Waals surface area contributed by atoms with Crippen LogP contribution in [0.4, 0.5) is 0 Å². The van der Waals surface area contributed by atoms with Crippen LogP contribution in [0.15, 0.2) is 0 Å². The SMILES string of the molecule is CCN1C[C@H](C(=O)NC(C)C)OC(C)(C)C1. The Bertz CT molecular complexity index is 251. The van der Waals surface area contributed by atoms with Crippen molar-refractivity contribution < 1.29 is 9.53 Å². The molecule has 1 aliphatic rings. The van der Waals surface area contributed by atoms with Crippen LogP contribution in [0.25, 0.3) is 0 Å². The van der Waals surface area contributed by atoms with Crippen molar-refractivity contribution in [2.75, 3.05) is 19.6 Å². The summed E-state index contributed by atoms with van der Waals surface area (Å²) in [5, 5.41) is 2.90. The lowest BCUT2D eigenvalue weighted by Gasteiger charge is -2.41. The lowest BCUT2D eigenvalue weighted by atomic mass is 10.0. The molecule has 1 atom stereocenters. The number of amides is 1. The highest BCUT2D eigenvalue weighted by atomic mass is 16.5. The van der Waals surface area contributed by atoms with Crippen molar-refractivity contribution in [2.24, 2.45) is 0 Å². The fraction of sp³-hybridized carbons (Fsp3) is 0.917. The lowest BCUT2D eigenvalue weighted by molar-refractivity contribution is -0.163. The quantitative estimate of drug-likeness (QED) is 0.784. The van der Waals surface area contributed by atoms with Crippen molar-refractivity contribution in [3.63, 3.8) is 0 Å². The van der Waals surface area contributed by atoms with Gasteiger partial charge in [-0.2, -0.15) is 0 Å². The van der Waals surface area contributed by atoms with Gasteiger partial charge in [-0.25, -0.2) is 0 Å². The number of hydrogen-bond acceptors (Lipinski definition) is 3. The summed E-state index contributed by atoms with van der Waals surface area (Å²) in [4.78, 5) is 14.2. The van der Waals surface area contributed by atoms with Crippen LogP contribution in [0.1, 0.15) is 34.6 Å². The monoisotopic (exact) mass is 228 g/mol. The van der Waals surface area contributed by atoms with Crippen molar-refractivity contribution in [1.82, 2.24) is 10.2 Å². The average molecular weight is 228 g/mol. The number of nitrogens with zero attached hydrogens (tertiary/aromatic N) is 1. The maximum absolute atomic E-state index is 11.9. The fourth-order valence-electron chi connectivity index (χ4n) is 2.05. The van der Waals surface area contributed by atoms with Crippen LogP contribution >= 0.6 is 0 Å². The Morgan fingerprint density at radius 3 is 2.69 bits per heavy atom. The number of hydrogen-bond donors (Lipinski definition) is 1. The van der Waals surface area contributed by atoms with E-state index >= 15 is 0 Å². The fourth-order valence-corrected chi connectivity index (χ4v) is 2.05. The molecular formula is C12H24N2O2. The molecule has 0 aliphatic carbocycles. The molecule has 0 unspecified atom stereocenters. The zero-order valence-corrected chi connectivity index (χ0v) is 11.0. The summed E-state index contributed by atoms with van der Waals surface area (Å²) in [6.45, 7) is 12.6. The molecular weight excluding hydrogens is 204 g/mol. The van der Waals surface area contributed by atoms with Crippen LogP contribution < -0.4 is 5.32 Å². The van der Waals surface area contributed by atoms with Crippen LogP contribution in [0, 0.1) is 0 Å². The van der Waals surface area contributed by atoms with Gasteiger partial charge in [0.25, 0.3) is 5.91 Å². The maximum Gasteiger partial charge on any atom is 0.250 e. The number of likely N-dealkylation sites (N-methyl/N-ethyl adjacent to an activating group) is 1. The molecule has 0 aromatic carbocycles. The molecule has 4 nitrogen and oxygen atoms in total. The summed E-state index contributed by atoms with van der Waals surface area (Å²) in [7, 11) is 0. The van der Waals surface area contributed by atoms with Crippen LogP contribution in [0.3, 0.4) is 0 Å². The van der Waals surface area contributed by atoms with Crippen LogP contribution in [0.2, 0.25) is 0 Å². The van der Waals surface area contributed by atoms with Crippen molar-refractivity contribution in [3.8, 4) is 0 Å². The smallest absolute Gasteiger partial charge is 0.250 e. The highest BCUT2D eigenvalue weighted by Gasteiger charge is 2.36. The van der Waals surface area contributed by atoms with E-state index in [9.17, 15) is 4.79 Å². The van der Waals surface area contributed by atoms with E-state index in [-0.39, 0.29) is 23.7 Å². The molecule has 1 rings (SSSR count). The molecule has 1 saturated heterocycles. The van der Waals surface area contributed by atoms with Crippen LogP contribution in [0.5, 0.6) is 0 Å². The van der Waals surface area contributed by atoms with Gasteiger partial charge in [0.2, 0.25) is 0 Å². The van der Waals surface area contributed by atoms with Crippen molar-refractivity contribution in [3.05, 3.63) is 0 Å². The second-order valence-electron chi connectivity index (χ2n) is 5.36. The zero-order chi connectivity index (χ0) is 12.3. The predicted molar refractivity (Wildman–Crippen MR) is 64.3 cm³/mol. The summed E-state index contributed by atoms with van der Waals surface area (Å²) in [6.07, 6.45) is -0.342. The Morgan fingerprint density at radius 1 is 1.56 bits per heavy atom. The van der Waals surface area contributed by atoms with Gasteiger partial charge in [0.05, 0.1) is 5.60 Å². The molecule has 1 N–H and O–H groups in total. The molecule has 4 heteroatoms. The van der Waals surface area contributed by atoms with E-state index in [2.05, 4.69) is 17.1 Å². The van der Waals surface area contributed by atoms with Crippen LogP contribution in [-0.4, -0.2) is 48.2 Å². The van der Waals surface area contributed by atoms with E-state index in [4.69, 9.17) is 4.74 Å². The number of ether oxygens (including phenoxy) is 1. The minimum absolute atomic E-state index is 0.00113.